The van der Waals surface area contributed by atoms with E-state index in [4.69, 9.17) is 13.6 Å². The Morgan fingerprint density at radius 1 is 0.553 bits per heavy atom. The third kappa shape index (κ3) is 5.86. The molecule has 7 aromatic carbocycles. The lowest BCUT2D eigenvalue weighted by Gasteiger charge is -2.54. The van der Waals surface area contributed by atoms with Crippen molar-refractivity contribution in [3.05, 3.63) is 262 Å². The Bertz CT molecular complexity index is 4270. The summed E-state index contributed by atoms with van der Waals surface area (Å²) in [6.07, 6.45) is 22.3. The van der Waals surface area contributed by atoms with Crippen LogP contribution in [0.3, 0.4) is 0 Å². The first-order valence-electron chi connectivity index (χ1n) is 27.3. The van der Waals surface area contributed by atoms with Crippen LogP contribution in [0.2, 0.25) is 0 Å². The fourth-order valence-corrected chi connectivity index (χ4v) is 15.5. The number of hydrogen-bond acceptors (Lipinski definition) is 5. The van der Waals surface area contributed by atoms with E-state index in [0.717, 1.165) is 51.0 Å². The molecule has 5 atom stereocenters. The third-order valence-corrected chi connectivity index (χ3v) is 18.7. The molecule has 16 rings (SSSR count). The molecule has 7 aliphatic rings. The second-order valence-corrected chi connectivity index (χ2v) is 23.8. The van der Waals surface area contributed by atoms with Gasteiger partial charge in [0.15, 0.2) is 0 Å². The van der Waals surface area contributed by atoms with Gasteiger partial charge >= 0.3 is 0 Å². The molecule has 0 bridgehead atoms. The molecule has 370 valence electrons. The highest BCUT2D eigenvalue weighted by Gasteiger charge is 2.54. The Balaban J connectivity index is 0.956. The van der Waals surface area contributed by atoms with Crippen molar-refractivity contribution < 1.29 is 13.6 Å². The summed E-state index contributed by atoms with van der Waals surface area (Å²) in [4.78, 5) is 5.32. The van der Waals surface area contributed by atoms with Gasteiger partial charge in [0.1, 0.15) is 34.2 Å². The molecule has 0 saturated carbocycles. The number of benzene rings is 7. The standard InChI is InChI=1S/C71H58N2O3/c1-69(2)50-23-11-7-19-44(50)49(45-31-34-60-63(66(45)69)46-20-8-16-28-57(46)74-60)39-41-37-42(72-53-26-14-12-24-51(53)70(3,4)67-55(72)32-35-61-64(67)47-21-9-17-29-58(47)75-61)40-43(38-41)73-54-27-15-13-25-52(54)71(5,6)68-56(73)33-36-62-65(68)48-22-10-18-30-59(48)76-62/h7-37,39-41,48,56,59,68H,38H2,1-6H3/b49-39+. The minimum atomic E-state index is -0.338. The average molecular weight is 987 g/mol. The number of para-hydroxylation sites is 4. The van der Waals surface area contributed by atoms with E-state index < -0.39 is 0 Å². The molecule has 9 aromatic rings. The van der Waals surface area contributed by atoms with E-state index in [0.29, 0.717) is 0 Å². The van der Waals surface area contributed by atoms with E-state index in [1.54, 1.807) is 0 Å². The van der Waals surface area contributed by atoms with E-state index in [1.807, 2.05) is 0 Å². The Hall–Kier alpha value is -8.28. The van der Waals surface area contributed by atoms with Crippen LogP contribution < -0.4 is 9.80 Å². The van der Waals surface area contributed by atoms with Crippen molar-refractivity contribution in [3.63, 3.8) is 0 Å². The molecule has 4 aliphatic carbocycles. The number of rotatable bonds is 3. The van der Waals surface area contributed by atoms with Crippen molar-refractivity contribution in [1.82, 2.24) is 0 Å². The summed E-state index contributed by atoms with van der Waals surface area (Å²) in [5.74, 6) is 1.38. The van der Waals surface area contributed by atoms with Gasteiger partial charge in [0, 0.05) is 72.6 Å². The van der Waals surface area contributed by atoms with Gasteiger partial charge in [-0.3, -0.25) is 0 Å². The average Bonchev–Trinajstić information content (AvgIpc) is 4.30. The van der Waals surface area contributed by atoms with Gasteiger partial charge in [-0.05, 0) is 117 Å². The van der Waals surface area contributed by atoms with Crippen molar-refractivity contribution >= 4 is 66.5 Å². The highest BCUT2D eigenvalue weighted by molar-refractivity contribution is 6.12. The lowest BCUT2D eigenvalue weighted by Crippen LogP contribution is -2.54. The molecule has 76 heavy (non-hydrogen) atoms. The second kappa shape index (κ2) is 15.4. The van der Waals surface area contributed by atoms with Gasteiger partial charge in [0.2, 0.25) is 0 Å². The predicted octanol–water partition coefficient (Wildman–Crippen LogP) is 17.6. The van der Waals surface area contributed by atoms with Crippen LogP contribution in [0.4, 0.5) is 17.1 Å². The molecule has 0 saturated heterocycles. The molecule has 5 heterocycles. The molecule has 3 aliphatic heterocycles. The molecule has 5 unspecified atom stereocenters. The maximum atomic E-state index is 6.82. The minimum Gasteiger partial charge on any atom is -0.485 e. The quantitative estimate of drug-likeness (QED) is 0.176. The van der Waals surface area contributed by atoms with Crippen molar-refractivity contribution in [2.75, 3.05) is 9.80 Å². The van der Waals surface area contributed by atoms with Crippen molar-refractivity contribution in [1.29, 1.82) is 0 Å². The van der Waals surface area contributed by atoms with Crippen molar-refractivity contribution in [2.24, 2.45) is 17.8 Å². The van der Waals surface area contributed by atoms with Gasteiger partial charge in [-0.1, -0.05) is 181 Å². The Kier molecular flexibility index (Phi) is 8.94. The number of nitrogens with zero attached hydrogens (tertiary/aromatic N) is 2. The molecule has 0 fully saturated rings. The zero-order valence-electron chi connectivity index (χ0n) is 43.8. The van der Waals surface area contributed by atoms with E-state index in [-0.39, 0.29) is 46.1 Å². The summed E-state index contributed by atoms with van der Waals surface area (Å²) < 4.78 is 20.1. The maximum absolute atomic E-state index is 6.82. The molecule has 2 aromatic heterocycles. The summed E-state index contributed by atoms with van der Waals surface area (Å²) in [5.41, 5.74) is 20.8. The number of fused-ring (bicyclic) bond motifs is 17. The van der Waals surface area contributed by atoms with Crippen LogP contribution in [0.25, 0.3) is 49.5 Å². The lowest BCUT2D eigenvalue weighted by atomic mass is 9.59. The molecular formula is C71H58N2O3. The largest absolute Gasteiger partial charge is 0.485 e. The van der Waals surface area contributed by atoms with E-state index >= 15 is 0 Å². The van der Waals surface area contributed by atoms with Crippen LogP contribution in [0, 0.1) is 17.8 Å². The van der Waals surface area contributed by atoms with Crippen LogP contribution in [0.15, 0.2) is 232 Å². The normalized spacial score (nSPS) is 24.3. The smallest absolute Gasteiger partial charge is 0.135 e. The molecular weight excluding hydrogens is 929 g/mol. The Labute approximate surface area is 443 Å². The zero-order valence-corrected chi connectivity index (χ0v) is 43.8. The molecule has 0 amide bonds. The zero-order chi connectivity index (χ0) is 51.0. The van der Waals surface area contributed by atoms with Crippen LogP contribution in [0.5, 0.6) is 0 Å². The Morgan fingerprint density at radius 3 is 1.96 bits per heavy atom. The highest BCUT2D eigenvalue weighted by Crippen LogP contribution is 2.60. The fraction of sp³-hybridized carbons (Fsp3) is 0.211. The van der Waals surface area contributed by atoms with Gasteiger partial charge in [0.25, 0.3) is 0 Å². The minimum absolute atomic E-state index is 0.00839. The number of ether oxygens (including phenoxy) is 1. The number of anilines is 3. The predicted molar refractivity (Wildman–Crippen MR) is 310 cm³/mol. The van der Waals surface area contributed by atoms with Gasteiger partial charge in [0.05, 0.1) is 17.4 Å². The SMILES string of the molecule is CC1(C)c2ccccc2/C(=C\C2C=C(N3c4ccccc4C(C)(C)c4c3ccc3oc5ccccc5c43)C=C(N3c4ccccc4C(C)(C)C4C5=C(C=CC43)OC3C=CC=CC53)C2)c2ccc3oc4ccccc4c3c21. The first-order valence-corrected chi connectivity index (χ1v) is 27.3. The van der Waals surface area contributed by atoms with Crippen molar-refractivity contribution in [3.8, 4) is 0 Å². The molecule has 0 N–H and O–H groups in total. The summed E-state index contributed by atoms with van der Waals surface area (Å²) in [5, 5.41) is 4.70. The van der Waals surface area contributed by atoms with Gasteiger partial charge in [-0.25, -0.2) is 0 Å². The van der Waals surface area contributed by atoms with Crippen LogP contribution >= 0.6 is 0 Å². The van der Waals surface area contributed by atoms with E-state index in [1.165, 1.54) is 83.6 Å². The van der Waals surface area contributed by atoms with E-state index in [2.05, 4.69) is 252 Å². The molecule has 5 heteroatoms. The highest BCUT2D eigenvalue weighted by atomic mass is 16.5. The fourth-order valence-electron chi connectivity index (χ4n) is 15.5. The van der Waals surface area contributed by atoms with Crippen LogP contribution in [-0.2, 0) is 21.0 Å². The number of furan rings is 2. The molecule has 0 radical (unpaired) electrons. The van der Waals surface area contributed by atoms with Gasteiger partial charge in [-0.15, -0.1) is 0 Å². The first-order chi connectivity index (χ1) is 37.0. The van der Waals surface area contributed by atoms with Crippen molar-refractivity contribution in [2.45, 2.75) is 76.4 Å². The second-order valence-electron chi connectivity index (χ2n) is 23.8. The first kappa shape index (κ1) is 44.1. The summed E-state index contributed by atoms with van der Waals surface area (Å²) in [6, 6.07) is 53.7. The van der Waals surface area contributed by atoms with Crippen LogP contribution in [0.1, 0.15) is 86.9 Å². The van der Waals surface area contributed by atoms with E-state index in [9.17, 15) is 0 Å². The third-order valence-electron chi connectivity index (χ3n) is 18.7. The topological polar surface area (TPSA) is 42.0 Å². The molecule has 5 nitrogen and oxygen atoms in total. The lowest BCUT2D eigenvalue weighted by molar-refractivity contribution is 0.173. The van der Waals surface area contributed by atoms with Crippen LogP contribution in [-0.4, -0.2) is 12.1 Å². The summed E-state index contributed by atoms with van der Waals surface area (Å²) in [6.45, 7) is 14.5. The monoisotopic (exact) mass is 986 g/mol. The number of allylic oxidation sites excluding steroid dienone is 7. The van der Waals surface area contributed by atoms with Gasteiger partial charge < -0.3 is 23.4 Å². The summed E-state index contributed by atoms with van der Waals surface area (Å²) in [7, 11) is 0. The molecule has 0 spiro atoms. The summed E-state index contributed by atoms with van der Waals surface area (Å²) >= 11 is 0. The number of hydrogen-bond donors (Lipinski definition) is 0. The van der Waals surface area contributed by atoms with Gasteiger partial charge in [-0.2, -0.15) is 0 Å². The maximum Gasteiger partial charge on any atom is 0.135 e. The Morgan fingerprint density at radius 2 is 1.18 bits per heavy atom.